The molecule has 7 heteroatoms. The lowest BCUT2D eigenvalue weighted by atomic mass is 9.98. The van der Waals surface area contributed by atoms with E-state index in [2.05, 4.69) is 4.74 Å². The molecule has 0 bridgehead atoms. The Hall–Kier alpha value is -1.24. The molecular formula is C13H20F2O5. The largest absolute Gasteiger partial charge is 0.462 e. The van der Waals surface area contributed by atoms with Gasteiger partial charge in [-0.2, -0.15) is 8.78 Å². The van der Waals surface area contributed by atoms with Gasteiger partial charge in [0.1, 0.15) is 6.10 Å². The van der Waals surface area contributed by atoms with Gasteiger partial charge in [0.2, 0.25) is 0 Å². The van der Waals surface area contributed by atoms with E-state index in [4.69, 9.17) is 4.74 Å². The minimum absolute atomic E-state index is 0.197. The molecule has 1 aliphatic carbocycles. The first-order chi connectivity index (χ1) is 9.36. The van der Waals surface area contributed by atoms with Crippen LogP contribution in [-0.4, -0.2) is 41.8 Å². The maximum Gasteiger partial charge on any atom is 0.377 e. The Morgan fingerprint density at radius 3 is 2.45 bits per heavy atom. The number of carbonyl (C=O) groups excluding carboxylic acids is 2. The molecule has 1 fully saturated rings. The number of halogens is 2. The van der Waals surface area contributed by atoms with E-state index in [1.807, 2.05) is 0 Å². The molecule has 1 aliphatic rings. The number of alkyl halides is 2. The summed E-state index contributed by atoms with van der Waals surface area (Å²) in [6.07, 6.45) is 0.535. The monoisotopic (exact) mass is 294 g/mol. The Morgan fingerprint density at radius 1 is 1.30 bits per heavy atom. The normalized spacial score (nSPS) is 18.4. The minimum Gasteiger partial charge on any atom is -0.462 e. The summed E-state index contributed by atoms with van der Waals surface area (Å²) in [4.78, 5) is 22.5. The summed E-state index contributed by atoms with van der Waals surface area (Å²) in [5, 5.41) is 9.44. The SMILES string of the molecule is CCOC(=O)C(F)(F)CC(O)C(=O)OC1CCCCC1. The van der Waals surface area contributed by atoms with Crippen LogP contribution in [0.1, 0.15) is 45.4 Å². The maximum atomic E-state index is 13.4. The molecule has 0 amide bonds. The van der Waals surface area contributed by atoms with Gasteiger partial charge < -0.3 is 14.6 Å². The summed E-state index contributed by atoms with van der Waals surface area (Å²) in [6.45, 7) is 1.19. The second-order valence-corrected chi connectivity index (χ2v) is 4.84. The lowest BCUT2D eigenvalue weighted by molar-refractivity contribution is -0.181. The van der Waals surface area contributed by atoms with E-state index < -0.39 is 30.4 Å². The molecule has 0 heterocycles. The van der Waals surface area contributed by atoms with E-state index in [1.165, 1.54) is 6.92 Å². The van der Waals surface area contributed by atoms with Crippen molar-refractivity contribution in [1.82, 2.24) is 0 Å². The lowest BCUT2D eigenvalue weighted by Crippen LogP contribution is -2.39. The van der Waals surface area contributed by atoms with Crippen LogP contribution >= 0.6 is 0 Å². The molecule has 5 nitrogen and oxygen atoms in total. The molecule has 1 N–H and O–H groups in total. The third-order valence-electron chi connectivity index (χ3n) is 3.13. The number of esters is 2. The third kappa shape index (κ3) is 5.03. The number of hydrogen-bond acceptors (Lipinski definition) is 5. The first-order valence-electron chi connectivity index (χ1n) is 6.80. The summed E-state index contributed by atoms with van der Waals surface area (Å²) in [6, 6.07) is 0. The van der Waals surface area contributed by atoms with Crippen LogP contribution in [0.25, 0.3) is 0 Å². The van der Waals surface area contributed by atoms with Crippen molar-refractivity contribution in [3.8, 4) is 0 Å². The fourth-order valence-electron chi connectivity index (χ4n) is 2.07. The smallest absolute Gasteiger partial charge is 0.377 e. The molecule has 0 radical (unpaired) electrons. The molecule has 0 aromatic heterocycles. The predicted molar refractivity (Wildman–Crippen MR) is 65.2 cm³/mol. The summed E-state index contributed by atoms with van der Waals surface area (Å²) in [7, 11) is 0. The van der Waals surface area contributed by atoms with E-state index in [9.17, 15) is 23.5 Å². The fourth-order valence-corrected chi connectivity index (χ4v) is 2.07. The number of hydrogen-bond donors (Lipinski definition) is 1. The number of aliphatic hydroxyl groups excluding tert-OH is 1. The average Bonchev–Trinajstić information content (AvgIpc) is 2.39. The maximum absolute atomic E-state index is 13.4. The van der Waals surface area contributed by atoms with Crippen LogP contribution in [0.5, 0.6) is 0 Å². The van der Waals surface area contributed by atoms with Gasteiger partial charge in [-0.25, -0.2) is 9.59 Å². The van der Waals surface area contributed by atoms with E-state index >= 15 is 0 Å². The van der Waals surface area contributed by atoms with Gasteiger partial charge in [0.05, 0.1) is 13.0 Å². The highest BCUT2D eigenvalue weighted by molar-refractivity contribution is 5.80. The van der Waals surface area contributed by atoms with Crippen molar-refractivity contribution in [2.24, 2.45) is 0 Å². The Labute approximate surface area is 116 Å². The Kier molecular flexibility index (Phi) is 6.32. The van der Waals surface area contributed by atoms with Crippen molar-refractivity contribution in [2.75, 3.05) is 6.61 Å². The highest BCUT2D eigenvalue weighted by Gasteiger charge is 2.44. The second-order valence-electron chi connectivity index (χ2n) is 4.84. The molecule has 1 rings (SSSR count). The van der Waals surface area contributed by atoms with Crippen LogP contribution in [0.4, 0.5) is 8.78 Å². The van der Waals surface area contributed by atoms with E-state index in [1.54, 1.807) is 0 Å². The predicted octanol–water partition coefficient (Wildman–Crippen LogP) is 1.81. The molecule has 0 aromatic rings. The molecule has 116 valence electrons. The van der Waals surface area contributed by atoms with Gasteiger partial charge in [-0.15, -0.1) is 0 Å². The average molecular weight is 294 g/mol. The standard InChI is InChI=1S/C13H20F2O5/c1-2-19-12(18)13(14,15)8-10(16)11(17)20-9-6-4-3-5-7-9/h9-10,16H,2-8H2,1H3. The highest BCUT2D eigenvalue weighted by Crippen LogP contribution is 2.25. The molecule has 1 atom stereocenters. The van der Waals surface area contributed by atoms with Crippen LogP contribution < -0.4 is 0 Å². The topological polar surface area (TPSA) is 72.8 Å². The van der Waals surface area contributed by atoms with Crippen LogP contribution in [0.2, 0.25) is 0 Å². The van der Waals surface area contributed by atoms with Gasteiger partial charge in [0, 0.05) is 0 Å². The van der Waals surface area contributed by atoms with Crippen LogP contribution in [0.3, 0.4) is 0 Å². The molecular weight excluding hydrogens is 274 g/mol. The number of aliphatic hydroxyl groups is 1. The highest BCUT2D eigenvalue weighted by atomic mass is 19.3. The van der Waals surface area contributed by atoms with Crippen molar-refractivity contribution in [3.05, 3.63) is 0 Å². The van der Waals surface area contributed by atoms with E-state index in [0.717, 1.165) is 19.3 Å². The zero-order valence-corrected chi connectivity index (χ0v) is 11.4. The molecule has 20 heavy (non-hydrogen) atoms. The minimum atomic E-state index is -3.90. The summed E-state index contributed by atoms with van der Waals surface area (Å²) >= 11 is 0. The van der Waals surface area contributed by atoms with Gasteiger partial charge in [-0.05, 0) is 32.6 Å². The number of ether oxygens (including phenoxy) is 2. The number of rotatable bonds is 6. The summed E-state index contributed by atoms with van der Waals surface area (Å²) < 4.78 is 35.9. The van der Waals surface area contributed by atoms with E-state index in [0.29, 0.717) is 12.8 Å². The van der Waals surface area contributed by atoms with Crippen LogP contribution in [-0.2, 0) is 19.1 Å². The van der Waals surface area contributed by atoms with Crippen molar-refractivity contribution in [3.63, 3.8) is 0 Å². The molecule has 0 saturated heterocycles. The van der Waals surface area contributed by atoms with Crippen molar-refractivity contribution < 1.29 is 33.0 Å². The lowest BCUT2D eigenvalue weighted by Gasteiger charge is -2.24. The van der Waals surface area contributed by atoms with Gasteiger partial charge in [-0.1, -0.05) is 6.42 Å². The Balaban J connectivity index is 2.45. The third-order valence-corrected chi connectivity index (χ3v) is 3.13. The molecule has 1 unspecified atom stereocenters. The van der Waals surface area contributed by atoms with E-state index in [-0.39, 0.29) is 12.7 Å². The molecule has 0 spiro atoms. The number of carbonyl (C=O) groups is 2. The molecule has 0 aromatic carbocycles. The van der Waals surface area contributed by atoms with Gasteiger partial charge in [0.15, 0.2) is 6.10 Å². The van der Waals surface area contributed by atoms with Crippen molar-refractivity contribution >= 4 is 11.9 Å². The first kappa shape index (κ1) is 16.8. The quantitative estimate of drug-likeness (QED) is 0.756. The van der Waals surface area contributed by atoms with Crippen molar-refractivity contribution in [1.29, 1.82) is 0 Å². The van der Waals surface area contributed by atoms with Crippen LogP contribution in [0, 0.1) is 0 Å². The van der Waals surface area contributed by atoms with Gasteiger partial charge in [-0.3, -0.25) is 0 Å². The van der Waals surface area contributed by atoms with Gasteiger partial charge in [0.25, 0.3) is 0 Å². The summed E-state index contributed by atoms with van der Waals surface area (Å²) in [5.74, 6) is -6.76. The summed E-state index contributed by atoms with van der Waals surface area (Å²) in [5.41, 5.74) is 0. The Bertz CT molecular complexity index is 340. The van der Waals surface area contributed by atoms with Gasteiger partial charge >= 0.3 is 17.9 Å². The first-order valence-corrected chi connectivity index (χ1v) is 6.80. The van der Waals surface area contributed by atoms with Crippen molar-refractivity contribution in [2.45, 2.75) is 63.6 Å². The van der Waals surface area contributed by atoms with Crippen LogP contribution in [0.15, 0.2) is 0 Å². The molecule has 0 aliphatic heterocycles. The fraction of sp³-hybridized carbons (Fsp3) is 0.846. The molecule has 1 saturated carbocycles. The second kappa shape index (κ2) is 7.52. The Morgan fingerprint density at radius 2 is 1.90 bits per heavy atom. The zero-order valence-electron chi connectivity index (χ0n) is 11.4. The zero-order chi connectivity index (χ0) is 15.2.